The molecule has 0 aliphatic carbocycles. The van der Waals surface area contributed by atoms with Crippen LogP contribution >= 0.6 is 23.2 Å². The number of ether oxygens (including phenoxy) is 2. The first-order valence-corrected chi connectivity index (χ1v) is 8.16. The molecule has 5 nitrogen and oxygen atoms in total. The van der Waals surface area contributed by atoms with E-state index >= 15 is 0 Å². The van der Waals surface area contributed by atoms with Crippen LogP contribution in [0, 0.1) is 0 Å². The summed E-state index contributed by atoms with van der Waals surface area (Å²) in [4.78, 5) is 4.23. The second-order valence-corrected chi connectivity index (χ2v) is 6.22. The molecule has 1 atom stereocenters. The molecule has 0 spiro atoms. The van der Waals surface area contributed by atoms with Crippen molar-refractivity contribution in [1.82, 2.24) is 10.4 Å². The lowest BCUT2D eigenvalue weighted by Gasteiger charge is -2.40. The Hall–Kier alpha value is -0.850. The maximum Gasteiger partial charge on any atom is 0.190 e. The molecule has 0 radical (unpaired) electrons. The van der Waals surface area contributed by atoms with Gasteiger partial charge in [0.1, 0.15) is 12.7 Å². The van der Waals surface area contributed by atoms with Crippen molar-refractivity contribution in [3.05, 3.63) is 33.8 Å². The number of nitrogens with one attached hydrogen (secondary N) is 1. The Morgan fingerprint density at radius 2 is 2.14 bits per heavy atom. The molecule has 7 heteroatoms. The van der Waals surface area contributed by atoms with Gasteiger partial charge in [-0.05, 0) is 17.7 Å². The molecule has 0 amide bonds. The van der Waals surface area contributed by atoms with Crippen LogP contribution in [0.25, 0.3) is 0 Å². The van der Waals surface area contributed by atoms with Gasteiger partial charge in [-0.25, -0.2) is 0 Å². The monoisotopic (exact) mass is 343 g/mol. The van der Waals surface area contributed by atoms with E-state index < -0.39 is 5.79 Å². The van der Waals surface area contributed by atoms with E-state index in [0.29, 0.717) is 29.9 Å². The lowest BCUT2D eigenvalue weighted by atomic mass is 9.94. The first kappa shape index (κ1) is 16.0. The zero-order valence-electron chi connectivity index (χ0n) is 12.4. The fraction of sp³-hybridized carbons (Fsp3) is 0.533. The van der Waals surface area contributed by atoms with Gasteiger partial charge in [0.15, 0.2) is 5.79 Å². The highest BCUT2D eigenvalue weighted by Gasteiger charge is 2.48. The molecule has 0 saturated carbocycles. The van der Waals surface area contributed by atoms with Gasteiger partial charge in [-0.1, -0.05) is 42.6 Å². The second kappa shape index (κ2) is 6.72. The van der Waals surface area contributed by atoms with E-state index in [4.69, 9.17) is 32.7 Å². The second-order valence-electron chi connectivity index (χ2n) is 5.38. The van der Waals surface area contributed by atoms with Crippen molar-refractivity contribution in [2.24, 2.45) is 4.99 Å². The topological polar surface area (TPSA) is 46.1 Å². The van der Waals surface area contributed by atoms with Crippen LogP contribution in [-0.2, 0) is 9.47 Å². The van der Waals surface area contributed by atoms with E-state index in [1.807, 2.05) is 17.1 Å². The lowest BCUT2D eigenvalue weighted by molar-refractivity contribution is -0.212. The highest BCUT2D eigenvalue weighted by molar-refractivity contribution is 6.35. The number of benzene rings is 1. The summed E-state index contributed by atoms with van der Waals surface area (Å²) in [5, 5.41) is 3.19. The number of halogens is 2. The van der Waals surface area contributed by atoms with E-state index in [1.54, 1.807) is 12.4 Å². The third-order valence-electron chi connectivity index (χ3n) is 3.91. The van der Waals surface area contributed by atoms with Crippen molar-refractivity contribution < 1.29 is 9.47 Å². The summed E-state index contributed by atoms with van der Waals surface area (Å²) in [6.45, 7) is 3.79. The molecule has 0 bridgehead atoms. The molecule has 2 heterocycles. The molecule has 3 rings (SSSR count). The number of aliphatic imine (C=N–C) groups is 1. The van der Waals surface area contributed by atoms with E-state index in [0.717, 1.165) is 18.4 Å². The van der Waals surface area contributed by atoms with Crippen molar-refractivity contribution in [3.8, 4) is 0 Å². The molecular formula is C15H19Cl2N3O2. The Kier molecular flexibility index (Phi) is 4.90. The van der Waals surface area contributed by atoms with Crippen LogP contribution in [0.4, 0.5) is 0 Å². The average molecular weight is 344 g/mol. The maximum absolute atomic E-state index is 6.45. The zero-order valence-corrected chi connectivity index (χ0v) is 13.9. The molecule has 2 aliphatic rings. The molecule has 1 aromatic rings. The van der Waals surface area contributed by atoms with Crippen LogP contribution in [0.5, 0.6) is 0 Å². The van der Waals surface area contributed by atoms with Gasteiger partial charge in [0.2, 0.25) is 0 Å². The minimum atomic E-state index is -0.729. The Balaban J connectivity index is 2.02. The minimum absolute atomic E-state index is 0.206. The summed E-state index contributed by atoms with van der Waals surface area (Å²) in [7, 11) is 0. The first-order valence-electron chi connectivity index (χ1n) is 7.40. The molecule has 120 valence electrons. The van der Waals surface area contributed by atoms with Crippen molar-refractivity contribution in [1.29, 1.82) is 0 Å². The van der Waals surface area contributed by atoms with Crippen LogP contribution in [0.2, 0.25) is 10.0 Å². The van der Waals surface area contributed by atoms with Gasteiger partial charge < -0.3 is 14.9 Å². The number of hydrogen-bond acceptors (Lipinski definition) is 5. The van der Waals surface area contributed by atoms with Gasteiger partial charge in [0.05, 0.1) is 19.6 Å². The molecule has 1 saturated heterocycles. The molecule has 1 N–H and O–H groups in total. The molecule has 0 aromatic heterocycles. The number of nitrogens with zero attached hydrogens (tertiary/aromatic N) is 2. The first-order chi connectivity index (χ1) is 10.7. The molecule has 2 aliphatic heterocycles. The molecule has 1 fully saturated rings. The van der Waals surface area contributed by atoms with Gasteiger partial charge in [-0.15, -0.1) is 0 Å². The van der Waals surface area contributed by atoms with Gasteiger partial charge in [0, 0.05) is 16.5 Å². The van der Waals surface area contributed by atoms with E-state index in [-0.39, 0.29) is 6.04 Å². The third-order valence-corrected chi connectivity index (χ3v) is 4.47. The standard InChI is InChI=1S/C15H19Cl2N3O2/c1-2-5-15(21-6-7-22-15)14(20-10-18-9-19-20)12-4-3-11(16)8-13(12)17/h3-4,8-9,14H,2,5-7,10H2,1H3,(H,18,19). The zero-order chi connectivity index (χ0) is 15.6. The van der Waals surface area contributed by atoms with Crippen LogP contribution in [0.3, 0.4) is 0 Å². The predicted molar refractivity (Wildman–Crippen MR) is 87.1 cm³/mol. The van der Waals surface area contributed by atoms with Gasteiger partial charge in [-0.2, -0.15) is 5.01 Å². The molecule has 1 aromatic carbocycles. The van der Waals surface area contributed by atoms with Crippen LogP contribution < -0.4 is 5.43 Å². The summed E-state index contributed by atoms with van der Waals surface area (Å²) in [6.07, 6.45) is 3.39. The minimum Gasteiger partial charge on any atom is -0.346 e. The highest BCUT2D eigenvalue weighted by atomic mass is 35.5. The Morgan fingerprint density at radius 1 is 1.36 bits per heavy atom. The maximum atomic E-state index is 6.45. The number of hydrazine groups is 1. The van der Waals surface area contributed by atoms with Crippen LogP contribution in [-0.4, -0.2) is 37.0 Å². The van der Waals surface area contributed by atoms with Crippen molar-refractivity contribution >= 4 is 29.5 Å². The fourth-order valence-corrected chi connectivity index (χ4v) is 3.58. The molecule has 22 heavy (non-hydrogen) atoms. The summed E-state index contributed by atoms with van der Waals surface area (Å²) in [5.41, 5.74) is 4.06. The predicted octanol–water partition coefficient (Wildman–Crippen LogP) is 3.38. The Labute approximate surface area is 140 Å². The van der Waals surface area contributed by atoms with E-state index in [2.05, 4.69) is 17.3 Å². The average Bonchev–Trinajstić information content (AvgIpc) is 3.15. The summed E-state index contributed by atoms with van der Waals surface area (Å²) in [5.74, 6) is -0.729. The highest BCUT2D eigenvalue weighted by Crippen LogP contribution is 2.43. The molecular weight excluding hydrogens is 325 g/mol. The van der Waals surface area contributed by atoms with Gasteiger partial charge in [0.25, 0.3) is 0 Å². The Bertz CT molecular complexity index is 554. The van der Waals surface area contributed by atoms with Crippen molar-refractivity contribution in [3.63, 3.8) is 0 Å². The molecule has 1 unspecified atom stereocenters. The normalized spacial score (nSPS) is 22.0. The SMILES string of the molecule is CCCC1(C(c2ccc(Cl)cc2Cl)N2CN=CN2)OCCO1. The fourth-order valence-electron chi connectivity index (χ4n) is 3.06. The number of rotatable bonds is 5. The van der Waals surface area contributed by atoms with Crippen molar-refractivity contribution in [2.45, 2.75) is 31.6 Å². The van der Waals surface area contributed by atoms with Crippen LogP contribution in [0.1, 0.15) is 31.4 Å². The van der Waals surface area contributed by atoms with E-state index in [9.17, 15) is 0 Å². The van der Waals surface area contributed by atoms with Gasteiger partial charge in [-0.3, -0.25) is 4.99 Å². The van der Waals surface area contributed by atoms with Crippen LogP contribution in [0.15, 0.2) is 23.2 Å². The summed E-state index contributed by atoms with van der Waals surface area (Å²) >= 11 is 12.5. The quantitative estimate of drug-likeness (QED) is 0.890. The number of hydrogen-bond donors (Lipinski definition) is 1. The van der Waals surface area contributed by atoms with Crippen molar-refractivity contribution in [2.75, 3.05) is 19.9 Å². The summed E-state index contributed by atoms with van der Waals surface area (Å²) in [6, 6.07) is 5.30. The Morgan fingerprint density at radius 3 is 2.73 bits per heavy atom. The largest absolute Gasteiger partial charge is 0.346 e. The smallest absolute Gasteiger partial charge is 0.190 e. The third kappa shape index (κ3) is 2.96. The lowest BCUT2D eigenvalue weighted by Crippen LogP contribution is -2.50. The summed E-state index contributed by atoms with van der Waals surface area (Å²) < 4.78 is 12.1. The van der Waals surface area contributed by atoms with Gasteiger partial charge >= 0.3 is 0 Å². The van der Waals surface area contributed by atoms with E-state index in [1.165, 1.54) is 0 Å².